The molecule has 0 bridgehead atoms. The Kier molecular flexibility index (Phi) is 4.82. The van der Waals surface area contributed by atoms with Gasteiger partial charge in [0.2, 0.25) is 0 Å². The van der Waals surface area contributed by atoms with Gasteiger partial charge < -0.3 is 24.8 Å². The van der Waals surface area contributed by atoms with Crippen LogP contribution in [0.4, 0.5) is 0 Å². The van der Waals surface area contributed by atoms with Gasteiger partial charge in [0.05, 0.1) is 12.2 Å². The van der Waals surface area contributed by atoms with E-state index in [0.717, 1.165) is 0 Å². The van der Waals surface area contributed by atoms with Crippen molar-refractivity contribution >= 4 is 12.6 Å². The SMILES string of the molecule is CC(C)OC1O[C@H](CS)[C@H](O)[C@H](O)[C@H]1O. The highest BCUT2D eigenvalue weighted by atomic mass is 32.1. The summed E-state index contributed by atoms with van der Waals surface area (Å²) in [7, 11) is 0. The van der Waals surface area contributed by atoms with Crippen LogP contribution in [0.3, 0.4) is 0 Å². The van der Waals surface area contributed by atoms with Gasteiger partial charge in [-0.05, 0) is 13.8 Å². The number of thiol groups is 1. The van der Waals surface area contributed by atoms with Crippen LogP contribution in [0.25, 0.3) is 0 Å². The fraction of sp³-hybridized carbons (Fsp3) is 1.00. The first kappa shape index (κ1) is 13.2. The van der Waals surface area contributed by atoms with Crippen molar-refractivity contribution in [3.8, 4) is 0 Å². The molecule has 6 heteroatoms. The Bertz CT molecular complexity index is 199. The van der Waals surface area contributed by atoms with Crippen LogP contribution in [0.15, 0.2) is 0 Å². The molecule has 1 rings (SSSR count). The molecule has 5 atom stereocenters. The van der Waals surface area contributed by atoms with Crippen LogP contribution in [0.2, 0.25) is 0 Å². The molecule has 0 aromatic heterocycles. The van der Waals surface area contributed by atoms with E-state index in [-0.39, 0.29) is 11.9 Å². The van der Waals surface area contributed by atoms with Gasteiger partial charge in [-0.2, -0.15) is 12.6 Å². The lowest BCUT2D eigenvalue weighted by Gasteiger charge is -2.40. The molecule has 0 aromatic rings. The maximum atomic E-state index is 9.59. The summed E-state index contributed by atoms with van der Waals surface area (Å²) in [5.74, 6) is 0.253. The first-order chi connectivity index (χ1) is 6.97. The summed E-state index contributed by atoms with van der Waals surface area (Å²) in [4.78, 5) is 0. The van der Waals surface area contributed by atoms with Crippen molar-refractivity contribution in [2.75, 3.05) is 5.75 Å². The maximum Gasteiger partial charge on any atom is 0.186 e. The third-order valence-electron chi connectivity index (χ3n) is 2.25. The van der Waals surface area contributed by atoms with Crippen molar-refractivity contribution in [2.45, 2.75) is 50.7 Å². The van der Waals surface area contributed by atoms with Gasteiger partial charge in [0.1, 0.15) is 18.3 Å². The van der Waals surface area contributed by atoms with Gasteiger partial charge in [-0.25, -0.2) is 0 Å². The molecule has 1 aliphatic rings. The molecule has 90 valence electrons. The Morgan fingerprint density at radius 1 is 1.20 bits per heavy atom. The van der Waals surface area contributed by atoms with Gasteiger partial charge in [-0.1, -0.05) is 0 Å². The summed E-state index contributed by atoms with van der Waals surface area (Å²) in [6, 6.07) is 0. The Hall–Kier alpha value is 0.150. The van der Waals surface area contributed by atoms with Gasteiger partial charge in [-0.15, -0.1) is 0 Å². The minimum Gasteiger partial charge on any atom is -0.388 e. The Morgan fingerprint density at radius 2 is 1.80 bits per heavy atom. The van der Waals surface area contributed by atoms with E-state index in [9.17, 15) is 15.3 Å². The molecule has 1 fully saturated rings. The van der Waals surface area contributed by atoms with Crippen LogP contribution >= 0.6 is 12.6 Å². The highest BCUT2D eigenvalue weighted by molar-refractivity contribution is 7.80. The molecular weight excluding hydrogens is 220 g/mol. The second-order valence-electron chi connectivity index (χ2n) is 3.88. The summed E-state index contributed by atoms with van der Waals surface area (Å²) in [5.41, 5.74) is 0. The molecule has 1 aliphatic heterocycles. The van der Waals surface area contributed by atoms with Crippen molar-refractivity contribution in [3.05, 3.63) is 0 Å². The van der Waals surface area contributed by atoms with Crippen LogP contribution in [0, 0.1) is 0 Å². The Morgan fingerprint density at radius 3 is 2.27 bits per heavy atom. The largest absolute Gasteiger partial charge is 0.388 e. The zero-order valence-electron chi connectivity index (χ0n) is 8.78. The van der Waals surface area contributed by atoms with E-state index < -0.39 is 30.7 Å². The van der Waals surface area contributed by atoms with E-state index in [1.807, 2.05) is 0 Å². The van der Waals surface area contributed by atoms with Crippen LogP contribution in [-0.4, -0.2) is 57.9 Å². The average Bonchev–Trinajstić information content (AvgIpc) is 2.18. The summed E-state index contributed by atoms with van der Waals surface area (Å²) in [6.45, 7) is 3.59. The lowest BCUT2D eigenvalue weighted by molar-refractivity contribution is -0.300. The number of ether oxygens (including phenoxy) is 2. The summed E-state index contributed by atoms with van der Waals surface area (Å²) in [6.07, 6.45) is -5.31. The number of hydrogen-bond acceptors (Lipinski definition) is 6. The van der Waals surface area contributed by atoms with Crippen LogP contribution in [0.5, 0.6) is 0 Å². The monoisotopic (exact) mass is 238 g/mol. The minimum absolute atomic E-state index is 0.132. The van der Waals surface area contributed by atoms with Crippen LogP contribution in [-0.2, 0) is 9.47 Å². The van der Waals surface area contributed by atoms with Crippen LogP contribution < -0.4 is 0 Å². The smallest absolute Gasteiger partial charge is 0.186 e. The van der Waals surface area contributed by atoms with E-state index in [0.29, 0.717) is 0 Å². The molecule has 0 radical (unpaired) electrons. The topological polar surface area (TPSA) is 79.2 Å². The number of aliphatic hydroxyl groups is 3. The zero-order valence-corrected chi connectivity index (χ0v) is 9.67. The average molecular weight is 238 g/mol. The summed E-state index contributed by atoms with van der Waals surface area (Å²) >= 11 is 3.99. The van der Waals surface area contributed by atoms with Gasteiger partial charge in [0.15, 0.2) is 6.29 Å². The van der Waals surface area contributed by atoms with E-state index in [4.69, 9.17) is 9.47 Å². The number of aliphatic hydroxyl groups excluding tert-OH is 3. The van der Waals surface area contributed by atoms with Gasteiger partial charge >= 0.3 is 0 Å². The molecule has 0 spiro atoms. The predicted molar refractivity (Wildman–Crippen MR) is 56.8 cm³/mol. The zero-order chi connectivity index (χ0) is 11.6. The predicted octanol–water partition coefficient (Wildman–Crippen LogP) is -0.851. The van der Waals surface area contributed by atoms with Crippen molar-refractivity contribution in [1.29, 1.82) is 0 Å². The van der Waals surface area contributed by atoms with E-state index in [1.165, 1.54) is 0 Å². The van der Waals surface area contributed by atoms with Crippen LogP contribution in [0.1, 0.15) is 13.8 Å². The first-order valence-electron chi connectivity index (χ1n) is 4.93. The molecule has 0 saturated carbocycles. The lowest BCUT2D eigenvalue weighted by Crippen LogP contribution is -2.59. The van der Waals surface area contributed by atoms with Gasteiger partial charge in [-0.3, -0.25) is 0 Å². The van der Waals surface area contributed by atoms with Crippen molar-refractivity contribution < 1.29 is 24.8 Å². The fourth-order valence-corrected chi connectivity index (χ4v) is 1.75. The normalized spacial score (nSPS) is 42.2. The molecule has 5 nitrogen and oxygen atoms in total. The van der Waals surface area contributed by atoms with E-state index >= 15 is 0 Å². The quantitative estimate of drug-likeness (QED) is 0.482. The standard InChI is InChI=1S/C9H18O5S/c1-4(2)13-9-8(12)7(11)6(10)5(3-15)14-9/h4-12,15H,3H2,1-2H3/t5-,6+,7+,8-,9?/m1/s1. The molecule has 1 heterocycles. The van der Waals surface area contributed by atoms with Crippen molar-refractivity contribution in [3.63, 3.8) is 0 Å². The Labute approximate surface area is 94.4 Å². The van der Waals surface area contributed by atoms with Gasteiger partial charge in [0, 0.05) is 5.75 Å². The second-order valence-corrected chi connectivity index (χ2v) is 4.25. The first-order valence-corrected chi connectivity index (χ1v) is 5.56. The number of hydrogen-bond donors (Lipinski definition) is 4. The Balaban J connectivity index is 2.65. The highest BCUT2D eigenvalue weighted by Crippen LogP contribution is 2.23. The third kappa shape index (κ3) is 3.05. The highest BCUT2D eigenvalue weighted by Gasteiger charge is 2.43. The molecule has 1 unspecified atom stereocenters. The molecule has 15 heavy (non-hydrogen) atoms. The minimum atomic E-state index is -1.26. The van der Waals surface area contributed by atoms with Gasteiger partial charge in [0.25, 0.3) is 0 Å². The lowest BCUT2D eigenvalue weighted by atomic mass is 10.00. The summed E-state index contributed by atoms with van der Waals surface area (Å²) in [5, 5.41) is 28.6. The molecule has 0 aliphatic carbocycles. The maximum absolute atomic E-state index is 9.59. The van der Waals surface area contributed by atoms with E-state index in [2.05, 4.69) is 12.6 Å². The fourth-order valence-electron chi connectivity index (χ4n) is 1.45. The van der Waals surface area contributed by atoms with E-state index in [1.54, 1.807) is 13.8 Å². The molecule has 1 saturated heterocycles. The third-order valence-corrected chi connectivity index (χ3v) is 2.61. The van der Waals surface area contributed by atoms with Crippen molar-refractivity contribution in [2.24, 2.45) is 0 Å². The number of rotatable bonds is 3. The molecule has 0 aromatic carbocycles. The molecule has 3 N–H and O–H groups in total. The molecule has 0 amide bonds. The van der Waals surface area contributed by atoms with Crippen molar-refractivity contribution in [1.82, 2.24) is 0 Å². The molecular formula is C9H18O5S. The summed E-state index contributed by atoms with van der Waals surface area (Å²) < 4.78 is 10.6. The second kappa shape index (κ2) is 5.47.